The first-order valence-electron chi connectivity index (χ1n) is 12.1. The van der Waals surface area contributed by atoms with Gasteiger partial charge in [0.2, 0.25) is 0 Å². The molecule has 1 aromatic heterocycles. The number of carboxylic acids is 1. The first-order chi connectivity index (χ1) is 19.2. The van der Waals surface area contributed by atoms with E-state index in [9.17, 15) is 19.5 Å². The molecule has 4 aromatic carbocycles. The predicted molar refractivity (Wildman–Crippen MR) is 153 cm³/mol. The second-order valence-corrected chi connectivity index (χ2v) is 9.78. The fraction of sp³-hybridized carbons (Fsp3) is 0.0690. The smallest absolute Gasteiger partial charge is 0.352 e. The van der Waals surface area contributed by atoms with Gasteiger partial charge in [-0.15, -0.1) is 0 Å². The Kier molecular flexibility index (Phi) is 7.50. The molecule has 4 N–H and O–H groups in total. The summed E-state index contributed by atoms with van der Waals surface area (Å²) in [6.07, 6.45) is 1.27. The molecule has 40 heavy (non-hydrogen) atoms. The van der Waals surface area contributed by atoms with Crippen molar-refractivity contribution in [3.8, 4) is 0 Å². The maximum Gasteiger partial charge on any atom is 0.352 e. The van der Waals surface area contributed by atoms with Gasteiger partial charge >= 0.3 is 5.97 Å². The van der Waals surface area contributed by atoms with E-state index in [-0.39, 0.29) is 27.2 Å². The van der Waals surface area contributed by atoms with Crippen molar-refractivity contribution in [1.29, 1.82) is 0 Å². The highest BCUT2D eigenvalue weighted by Gasteiger charge is 2.22. The van der Waals surface area contributed by atoms with E-state index < -0.39 is 23.5 Å². The maximum atomic E-state index is 13.1. The molecule has 5 rings (SSSR count). The van der Waals surface area contributed by atoms with Crippen molar-refractivity contribution in [2.45, 2.75) is 13.0 Å². The summed E-state index contributed by atoms with van der Waals surface area (Å²) in [6.45, 7) is 1.87. The van der Waals surface area contributed by atoms with Gasteiger partial charge in [0.25, 0.3) is 11.8 Å². The number of amides is 2. The molecule has 0 fully saturated rings. The van der Waals surface area contributed by atoms with Crippen LogP contribution in [0.5, 0.6) is 0 Å². The van der Waals surface area contributed by atoms with Gasteiger partial charge in [-0.3, -0.25) is 9.59 Å². The van der Waals surface area contributed by atoms with Gasteiger partial charge in [0, 0.05) is 5.56 Å². The number of H-pyrrole nitrogens is 1. The van der Waals surface area contributed by atoms with Crippen molar-refractivity contribution in [2.75, 3.05) is 0 Å². The lowest BCUT2D eigenvalue weighted by Crippen LogP contribution is -2.29. The lowest BCUT2D eigenvalue weighted by Gasteiger charge is -2.17. The normalized spacial score (nSPS) is 12.3. The van der Waals surface area contributed by atoms with E-state index in [0.717, 1.165) is 16.3 Å². The number of nitrogens with zero attached hydrogens (tertiary/aromatic N) is 2. The molecule has 0 saturated heterocycles. The SMILES string of the molecule is CC(NC(=O)c1cc(Cl)c(C(=O)NC(=Cc2ccc3n[nH]nc3c2)C(=O)O)c(Cl)c1)c1cccc2ccccc12. The van der Waals surface area contributed by atoms with Crippen LogP contribution < -0.4 is 10.6 Å². The van der Waals surface area contributed by atoms with Crippen molar-refractivity contribution in [2.24, 2.45) is 0 Å². The van der Waals surface area contributed by atoms with E-state index in [2.05, 4.69) is 26.0 Å². The number of benzene rings is 4. The molecular weight excluding hydrogens is 553 g/mol. The van der Waals surface area contributed by atoms with Gasteiger partial charge in [-0.25, -0.2) is 4.79 Å². The highest BCUT2D eigenvalue weighted by molar-refractivity contribution is 6.40. The third-order valence-corrected chi connectivity index (χ3v) is 6.89. The Morgan fingerprint density at radius 1 is 0.900 bits per heavy atom. The Morgan fingerprint density at radius 3 is 2.35 bits per heavy atom. The van der Waals surface area contributed by atoms with Crippen LogP contribution in [0.3, 0.4) is 0 Å². The zero-order valence-electron chi connectivity index (χ0n) is 20.9. The molecule has 5 aromatic rings. The van der Waals surface area contributed by atoms with Crippen molar-refractivity contribution < 1.29 is 19.5 Å². The molecule has 11 heteroatoms. The highest BCUT2D eigenvalue weighted by atomic mass is 35.5. The molecule has 0 bridgehead atoms. The van der Waals surface area contributed by atoms with Gasteiger partial charge in [-0.2, -0.15) is 15.4 Å². The minimum absolute atomic E-state index is 0.110. The lowest BCUT2D eigenvalue weighted by atomic mass is 9.99. The first-order valence-corrected chi connectivity index (χ1v) is 12.8. The van der Waals surface area contributed by atoms with Crippen LogP contribution in [-0.2, 0) is 4.79 Å². The third-order valence-electron chi connectivity index (χ3n) is 6.30. The van der Waals surface area contributed by atoms with Crippen molar-refractivity contribution in [1.82, 2.24) is 26.0 Å². The minimum Gasteiger partial charge on any atom is -0.477 e. The fourth-order valence-electron chi connectivity index (χ4n) is 4.36. The summed E-state index contributed by atoms with van der Waals surface area (Å²) in [7, 11) is 0. The Hall–Kier alpha value is -4.73. The van der Waals surface area contributed by atoms with Crippen LogP contribution in [-0.4, -0.2) is 38.3 Å². The van der Waals surface area contributed by atoms with Crippen LogP contribution in [0, 0.1) is 0 Å². The molecule has 0 aliphatic heterocycles. The summed E-state index contributed by atoms with van der Waals surface area (Å²) in [5.74, 6) is -2.66. The predicted octanol–water partition coefficient (Wildman–Crippen LogP) is 5.76. The van der Waals surface area contributed by atoms with E-state index in [4.69, 9.17) is 23.2 Å². The summed E-state index contributed by atoms with van der Waals surface area (Å²) >= 11 is 12.7. The molecule has 0 aliphatic carbocycles. The van der Waals surface area contributed by atoms with Crippen LogP contribution in [0.25, 0.3) is 27.9 Å². The standard InChI is InChI=1S/C29H21Cl2N5O4/c1-15(19-8-4-6-17-5-2-3-7-20(17)19)32-27(37)18-13-21(30)26(22(31)14-18)28(38)33-25(29(39)40)12-16-9-10-23-24(11-16)35-36-34-23/h2-15H,1H3,(H,32,37)(H,33,38)(H,39,40)(H,34,35,36). The number of carbonyl (C=O) groups excluding carboxylic acids is 2. The summed E-state index contributed by atoms with van der Waals surface area (Å²) in [5, 5.41) is 27.2. The van der Waals surface area contributed by atoms with Gasteiger partial charge in [-0.1, -0.05) is 71.7 Å². The number of rotatable bonds is 7. The number of aliphatic carboxylic acids is 1. The van der Waals surface area contributed by atoms with Crippen molar-refractivity contribution in [3.05, 3.63) is 111 Å². The van der Waals surface area contributed by atoms with Crippen LogP contribution in [0.15, 0.2) is 78.5 Å². The number of hydrogen-bond donors (Lipinski definition) is 4. The number of carbonyl (C=O) groups is 3. The first kappa shape index (κ1) is 26.9. The number of aromatic nitrogens is 3. The largest absolute Gasteiger partial charge is 0.477 e. The Balaban J connectivity index is 1.35. The van der Waals surface area contributed by atoms with Gasteiger partial charge in [0.05, 0.1) is 21.7 Å². The van der Waals surface area contributed by atoms with Crippen LogP contribution in [0.4, 0.5) is 0 Å². The highest BCUT2D eigenvalue weighted by Crippen LogP contribution is 2.29. The Morgan fingerprint density at radius 2 is 1.60 bits per heavy atom. The lowest BCUT2D eigenvalue weighted by molar-refractivity contribution is -0.132. The molecular formula is C29H21Cl2N5O4. The summed E-state index contributed by atoms with van der Waals surface area (Å²) in [6, 6.07) is 20.9. The number of hydrogen-bond acceptors (Lipinski definition) is 5. The average Bonchev–Trinajstić information content (AvgIpc) is 3.40. The molecule has 2 amide bonds. The average molecular weight is 574 g/mol. The van der Waals surface area contributed by atoms with E-state index in [1.165, 1.54) is 18.2 Å². The Labute approximate surface area is 237 Å². The van der Waals surface area contributed by atoms with E-state index in [0.29, 0.717) is 16.6 Å². The third kappa shape index (κ3) is 5.51. The quantitative estimate of drug-likeness (QED) is 0.182. The molecule has 1 heterocycles. The summed E-state index contributed by atoms with van der Waals surface area (Å²) in [5.41, 5.74) is 2.12. The maximum absolute atomic E-state index is 13.1. The summed E-state index contributed by atoms with van der Waals surface area (Å²) in [4.78, 5) is 37.9. The molecule has 9 nitrogen and oxygen atoms in total. The van der Waals surface area contributed by atoms with Crippen LogP contribution in [0.2, 0.25) is 10.0 Å². The fourth-order valence-corrected chi connectivity index (χ4v) is 5.02. The molecule has 1 unspecified atom stereocenters. The number of nitrogens with one attached hydrogen (secondary N) is 3. The van der Waals surface area contributed by atoms with Gasteiger partial charge < -0.3 is 15.7 Å². The Bertz CT molecular complexity index is 1800. The second-order valence-electron chi connectivity index (χ2n) is 8.97. The molecule has 0 spiro atoms. The molecule has 0 aliphatic rings. The van der Waals surface area contributed by atoms with Gasteiger partial charge in [0.15, 0.2) is 0 Å². The van der Waals surface area contributed by atoms with Crippen molar-refractivity contribution >= 4 is 68.9 Å². The number of fused-ring (bicyclic) bond motifs is 2. The zero-order chi connectivity index (χ0) is 28.4. The van der Waals surface area contributed by atoms with Crippen molar-refractivity contribution in [3.63, 3.8) is 0 Å². The minimum atomic E-state index is -1.38. The number of carboxylic acid groups (broad SMARTS) is 1. The molecule has 0 saturated carbocycles. The summed E-state index contributed by atoms with van der Waals surface area (Å²) < 4.78 is 0. The number of halogens is 2. The topological polar surface area (TPSA) is 137 Å². The van der Waals surface area contributed by atoms with Crippen LogP contribution >= 0.6 is 23.2 Å². The molecule has 0 radical (unpaired) electrons. The van der Waals surface area contributed by atoms with E-state index in [1.54, 1.807) is 18.2 Å². The molecule has 200 valence electrons. The molecule has 1 atom stereocenters. The van der Waals surface area contributed by atoms with Gasteiger partial charge in [-0.05, 0) is 59.2 Å². The van der Waals surface area contributed by atoms with E-state index >= 15 is 0 Å². The van der Waals surface area contributed by atoms with Gasteiger partial charge in [0.1, 0.15) is 16.7 Å². The zero-order valence-corrected chi connectivity index (χ0v) is 22.4. The van der Waals surface area contributed by atoms with Crippen LogP contribution in [0.1, 0.15) is 44.8 Å². The monoisotopic (exact) mass is 573 g/mol. The number of aromatic amines is 1. The van der Waals surface area contributed by atoms with E-state index in [1.807, 2.05) is 49.4 Å². The second kappa shape index (κ2) is 11.2.